The second-order valence-corrected chi connectivity index (χ2v) is 10.1. The molecule has 3 aliphatic rings. The number of carbonyl (C=O) groups is 3. The van der Waals surface area contributed by atoms with Gasteiger partial charge in [0.2, 0.25) is 6.23 Å². The zero-order valence-corrected chi connectivity index (χ0v) is 20.2. The van der Waals surface area contributed by atoms with Gasteiger partial charge in [0.15, 0.2) is 0 Å². The van der Waals surface area contributed by atoms with E-state index in [9.17, 15) is 14.4 Å². The van der Waals surface area contributed by atoms with Crippen molar-refractivity contribution >= 4 is 23.6 Å². The number of benzene rings is 2. The van der Waals surface area contributed by atoms with Crippen molar-refractivity contribution in [1.29, 1.82) is 0 Å². The molecule has 5 rings (SSSR count). The lowest BCUT2D eigenvalue weighted by Crippen LogP contribution is -2.39. The summed E-state index contributed by atoms with van der Waals surface area (Å²) in [5.41, 5.74) is 3.13. The quantitative estimate of drug-likeness (QED) is 0.469. The first-order valence-corrected chi connectivity index (χ1v) is 11.7. The van der Waals surface area contributed by atoms with Gasteiger partial charge in [0.1, 0.15) is 5.60 Å². The molecule has 35 heavy (non-hydrogen) atoms. The number of hydrogen-bond donors (Lipinski definition) is 0. The minimum atomic E-state index is -0.740. The van der Waals surface area contributed by atoms with Gasteiger partial charge in [-0.3, -0.25) is 14.5 Å². The maximum absolute atomic E-state index is 13.5. The van der Waals surface area contributed by atoms with Gasteiger partial charge in [-0.25, -0.2) is 9.69 Å². The Hall–Kier alpha value is -3.87. The number of nitrogens with zero attached hydrogens (tertiary/aromatic N) is 2. The molecule has 7 nitrogen and oxygen atoms in total. The number of anilines is 1. The number of hydrogen-bond acceptors (Lipinski definition) is 5. The molecule has 3 atom stereocenters. The topological polar surface area (TPSA) is 76.2 Å². The number of rotatable bonds is 3. The highest BCUT2D eigenvalue weighted by atomic mass is 16.6. The zero-order valence-electron chi connectivity index (χ0n) is 20.2. The van der Waals surface area contributed by atoms with Gasteiger partial charge in [0.05, 0.1) is 17.9 Å². The molecule has 2 aromatic rings. The molecular formula is C28H28N2O5. The summed E-state index contributed by atoms with van der Waals surface area (Å²) in [4.78, 5) is 42.1. The number of ether oxygens (including phenoxy) is 2. The zero-order chi connectivity index (χ0) is 24.9. The number of amides is 3. The SMILES string of the molecule is CC1=CC(=O)N(c2ccccc2)C1OC=C1C(=O)N(C(=O)OC(C)(C)C)C2c3ccccc3CC12. The van der Waals surface area contributed by atoms with Gasteiger partial charge in [0.25, 0.3) is 11.8 Å². The van der Waals surface area contributed by atoms with E-state index in [0.717, 1.165) is 16.7 Å². The van der Waals surface area contributed by atoms with Crippen LogP contribution < -0.4 is 4.90 Å². The second-order valence-electron chi connectivity index (χ2n) is 10.1. The molecule has 0 N–H and O–H groups in total. The summed E-state index contributed by atoms with van der Waals surface area (Å²) in [6.45, 7) is 7.14. The highest BCUT2D eigenvalue weighted by Gasteiger charge is 2.53. The Morgan fingerprint density at radius 2 is 1.71 bits per heavy atom. The van der Waals surface area contributed by atoms with Gasteiger partial charge >= 0.3 is 6.09 Å². The molecule has 1 aliphatic carbocycles. The predicted octanol–water partition coefficient (Wildman–Crippen LogP) is 4.90. The van der Waals surface area contributed by atoms with E-state index in [0.29, 0.717) is 17.7 Å². The van der Waals surface area contributed by atoms with Crippen molar-refractivity contribution in [3.05, 3.63) is 89.2 Å². The fraction of sp³-hybridized carbons (Fsp3) is 0.321. The number of para-hydroxylation sites is 1. The van der Waals surface area contributed by atoms with E-state index >= 15 is 0 Å². The van der Waals surface area contributed by atoms with Gasteiger partial charge in [-0.2, -0.15) is 0 Å². The number of fused-ring (bicyclic) bond motifs is 3. The van der Waals surface area contributed by atoms with Gasteiger partial charge in [0, 0.05) is 17.7 Å². The van der Waals surface area contributed by atoms with Crippen LogP contribution in [-0.2, 0) is 25.5 Å². The molecule has 1 saturated heterocycles. The smallest absolute Gasteiger partial charge is 0.417 e. The highest BCUT2D eigenvalue weighted by molar-refractivity contribution is 6.07. The molecule has 0 spiro atoms. The molecule has 0 bridgehead atoms. The largest absolute Gasteiger partial charge is 0.473 e. The fourth-order valence-electron chi connectivity index (χ4n) is 5.05. The van der Waals surface area contributed by atoms with Gasteiger partial charge in [-0.1, -0.05) is 42.5 Å². The van der Waals surface area contributed by atoms with Crippen molar-refractivity contribution in [1.82, 2.24) is 4.90 Å². The fourth-order valence-corrected chi connectivity index (χ4v) is 5.05. The summed E-state index contributed by atoms with van der Waals surface area (Å²) in [6, 6.07) is 16.6. The Balaban J connectivity index is 1.48. The Morgan fingerprint density at radius 3 is 2.43 bits per heavy atom. The van der Waals surface area contributed by atoms with Crippen molar-refractivity contribution < 1.29 is 23.9 Å². The molecule has 1 fully saturated rings. The molecule has 0 radical (unpaired) electrons. The molecule has 2 aliphatic heterocycles. The Labute approximate surface area is 204 Å². The summed E-state index contributed by atoms with van der Waals surface area (Å²) in [6.07, 6.45) is 2.24. The van der Waals surface area contributed by atoms with Gasteiger partial charge < -0.3 is 9.47 Å². The first kappa shape index (κ1) is 22.9. The van der Waals surface area contributed by atoms with Crippen LogP contribution in [-0.4, -0.2) is 34.6 Å². The molecule has 3 amide bonds. The van der Waals surface area contributed by atoms with Crippen molar-refractivity contribution in [2.24, 2.45) is 5.92 Å². The highest BCUT2D eigenvalue weighted by Crippen LogP contribution is 2.50. The monoisotopic (exact) mass is 472 g/mol. The molecule has 2 aromatic carbocycles. The van der Waals surface area contributed by atoms with Crippen LogP contribution in [0.15, 0.2) is 78.1 Å². The van der Waals surface area contributed by atoms with Crippen LogP contribution >= 0.6 is 0 Å². The molecule has 3 unspecified atom stereocenters. The van der Waals surface area contributed by atoms with Crippen molar-refractivity contribution in [2.75, 3.05) is 4.90 Å². The Morgan fingerprint density at radius 1 is 1.03 bits per heavy atom. The molecular weight excluding hydrogens is 444 g/mol. The standard InChI is InChI=1S/C28H28N2O5/c1-17-14-23(31)29(19-11-6-5-7-12-19)26(17)34-16-22-21-15-18-10-8-9-13-20(18)24(21)30(25(22)32)27(33)35-28(2,3)4/h5-14,16,21,24,26H,15H2,1-4H3. The van der Waals surface area contributed by atoms with Crippen LogP contribution in [0.2, 0.25) is 0 Å². The first-order chi connectivity index (χ1) is 16.7. The van der Waals surface area contributed by atoms with E-state index < -0.39 is 29.9 Å². The summed E-state index contributed by atoms with van der Waals surface area (Å²) >= 11 is 0. The van der Waals surface area contributed by atoms with E-state index in [4.69, 9.17) is 9.47 Å². The molecule has 0 aromatic heterocycles. The van der Waals surface area contributed by atoms with E-state index in [1.807, 2.05) is 61.5 Å². The summed E-state index contributed by atoms with van der Waals surface area (Å²) < 4.78 is 11.7. The first-order valence-electron chi connectivity index (χ1n) is 11.7. The summed E-state index contributed by atoms with van der Waals surface area (Å²) in [7, 11) is 0. The predicted molar refractivity (Wildman–Crippen MR) is 130 cm³/mol. The van der Waals surface area contributed by atoms with E-state index in [1.54, 1.807) is 25.7 Å². The maximum Gasteiger partial charge on any atom is 0.417 e. The van der Waals surface area contributed by atoms with Crippen LogP contribution in [0.25, 0.3) is 0 Å². The van der Waals surface area contributed by atoms with Crippen LogP contribution in [0.5, 0.6) is 0 Å². The number of imide groups is 1. The summed E-state index contributed by atoms with van der Waals surface area (Å²) in [5.74, 6) is -0.865. The normalized spacial score (nSPS) is 24.5. The summed E-state index contributed by atoms with van der Waals surface area (Å²) in [5, 5.41) is 0. The van der Waals surface area contributed by atoms with Crippen LogP contribution in [0.1, 0.15) is 44.9 Å². The van der Waals surface area contributed by atoms with Gasteiger partial charge in [-0.05, 0) is 62.9 Å². The van der Waals surface area contributed by atoms with Crippen LogP contribution in [0, 0.1) is 5.92 Å². The molecule has 180 valence electrons. The van der Waals surface area contributed by atoms with Crippen LogP contribution in [0.3, 0.4) is 0 Å². The number of likely N-dealkylation sites (tertiary alicyclic amines) is 1. The van der Waals surface area contributed by atoms with Gasteiger partial charge in [-0.15, -0.1) is 0 Å². The third-order valence-electron chi connectivity index (χ3n) is 6.50. The van der Waals surface area contributed by atoms with Crippen molar-refractivity contribution in [3.8, 4) is 0 Å². The van der Waals surface area contributed by atoms with Crippen molar-refractivity contribution in [2.45, 2.75) is 52.0 Å². The second kappa shape index (κ2) is 8.41. The van der Waals surface area contributed by atoms with E-state index in [2.05, 4.69) is 0 Å². The Kier molecular flexibility index (Phi) is 5.50. The van der Waals surface area contributed by atoms with E-state index in [-0.39, 0.29) is 11.8 Å². The minimum absolute atomic E-state index is 0.184. The average molecular weight is 473 g/mol. The minimum Gasteiger partial charge on any atom is -0.473 e. The third-order valence-corrected chi connectivity index (χ3v) is 6.50. The maximum atomic E-state index is 13.5. The molecule has 7 heteroatoms. The third kappa shape index (κ3) is 4.01. The van der Waals surface area contributed by atoms with Crippen molar-refractivity contribution in [3.63, 3.8) is 0 Å². The van der Waals surface area contributed by atoms with E-state index in [1.165, 1.54) is 17.2 Å². The molecule has 2 heterocycles. The lowest BCUT2D eigenvalue weighted by Gasteiger charge is -2.27. The lowest BCUT2D eigenvalue weighted by molar-refractivity contribution is -0.125. The number of carbonyl (C=O) groups excluding carboxylic acids is 3. The molecule has 0 saturated carbocycles. The lowest BCUT2D eigenvalue weighted by atomic mass is 9.97. The average Bonchev–Trinajstić information content (AvgIpc) is 3.39. The van der Waals surface area contributed by atoms with Crippen LogP contribution in [0.4, 0.5) is 10.5 Å². The Bertz CT molecular complexity index is 1260.